The highest BCUT2D eigenvalue weighted by Crippen LogP contribution is 2.38. The van der Waals surface area contributed by atoms with Gasteiger partial charge in [-0.3, -0.25) is 59.4 Å². The van der Waals surface area contributed by atoms with Gasteiger partial charge in [0.25, 0.3) is 41.4 Å². The molecule has 14 rings (SSSR count). The first-order chi connectivity index (χ1) is 70.8. The van der Waals surface area contributed by atoms with Crippen LogP contribution in [0.25, 0.3) is 0 Å². The standard InChI is InChI=1S/C29H40BNO4.C25H32BNO4.C24H30BFN2O4.C21H24BFN2O4.C15H22BFN2O3/c1-8-10-26(29(5,6)7)31(28(33)23-16-19(2)15-20(3)17-23)18-25(32)24-13-12-22-11-9-14-30(34)35-27(22)21(24)4;1-16-12-17(2)14-20(13-16)24(29)27(25(4,5)6)15-22(28)21-10-9-19-8-7-11-26(30)31-23(19)18(21)3;1-7-20(24(4,5)6)28(23(30)16-11-14(2)10-15(3)12-16)27-22(29)17-8-9-19-18(21(17)26)13-32-25(19)31;1-12-8-13(2)10-14(9-12)20(27)25(21(3,4)5)24-19(26)15-6-7-17-16(18(15)23)11-29-22(17)28;1-5-12(15(2,3)4)18-19-14(20)9-6-7-11-10(13(9)17)8-22-16(11)21/h12-13,15-17,26,34H,8-11,14,18H2,1-7H3;9-10,12-14,30H,7-8,11,15H2,1-6H3;8-12,20,31H,7,13H2,1-6H3,(H,27,29);6-10,28H,11H2,1-5H3,(H,24,26);6-7,12,18,21H,5,8H2,1-4H3,(H,19,20)/t26-;;20-;;12-/m0.1.1/s1/i;;;1D3;. The van der Waals surface area contributed by atoms with E-state index >= 15 is 4.39 Å². The molecule has 0 saturated heterocycles. The minimum Gasteiger partial charge on any atom is -0.536 e. The Balaban J connectivity index is 0.000000195. The van der Waals surface area contributed by atoms with Crippen molar-refractivity contribution in [2.24, 2.45) is 16.2 Å². The quantitative estimate of drug-likeness (QED) is 0.0183. The number of rotatable bonds is 21. The number of hydrazine groups is 3. The summed E-state index contributed by atoms with van der Waals surface area (Å²) in [6, 6.07) is 36.8. The number of hydrogen-bond acceptors (Lipinski definition) is 20. The molecule has 9 aromatic rings. The van der Waals surface area contributed by atoms with Gasteiger partial charge >= 0.3 is 35.6 Å². The van der Waals surface area contributed by atoms with Crippen molar-refractivity contribution in [1.82, 2.24) is 41.5 Å². The second kappa shape index (κ2) is 49.8. The largest absolute Gasteiger partial charge is 0.536 e. The van der Waals surface area contributed by atoms with Crippen LogP contribution in [0.5, 0.6) is 11.5 Å². The Labute approximate surface area is 882 Å². The molecule has 0 spiro atoms. The zero-order chi connectivity index (χ0) is 113. The number of halogens is 3. The molecular weight excluding hydrogens is 1900 g/mol. The zero-order valence-corrected chi connectivity index (χ0v) is 91.3. The molecule has 27 nitrogen and oxygen atoms in total. The molecule has 7 amide bonds. The van der Waals surface area contributed by atoms with E-state index in [1.54, 1.807) is 49.6 Å². The van der Waals surface area contributed by atoms with Gasteiger partial charge in [-0.25, -0.2) is 28.6 Å². The molecule has 0 saturated carbocycles. The van der Waals surface area contributed by atoms with Crippen LogP contribution in [0, 0.1) is 103 Å². The monoisotopic (exact) mass is 2050 g/mol. The molecule has 5 aliphatic rings. The van der Waals surface area contributed by atoms with E-state index in [4.69, 9.17) is 27.4 Å². The average molecular weight is 2050 g/mol. The molecule has 0 aliphatic carbocycles. The topological polar surface area (TPSA) is 362 Å². The maximum atomic E-state index is 15.0. The minimum absolute atomic E-state index is 0.00394. The average Bonchev–Trinajstić information content (AvgIpc) is 1.55. The highest BCUT2D eigenvalue weighted by atomic mass is 19.1. The van der Waals surface area contributed by atoms with E-state index in [-0.39, 0.29) is 147 Å². The lowest BCUT2D eigenvalue weighted by atomic mass is 9.79. The summed E-state index contributed by atoms with van der Waals surface area (Å²) in [5, 5.41) is 51.6. The van der Waals surface area contributed by atoms with Crippen molar-refractivity contribution in [3.05, 3.63) is 284 Å². The smallest absolute Gasteiger partial charge is 0.522 e. The Morgan fingerprint density at radius 3 is 1.13 bits per heavy atom. The molecule has 0 radical (unpaired) electrons. The lowest BCUT2D eigenvalue weighted by Crippen LogP contribution is -2.56. The van der Waals surface area contributed by atoms with Crippen molar-refractivity contribution >= 4 is 105 Å². The lowest BCUT2D eigenvalue weighted by molar-refractivity contribution is 0.0283. The molecule has 794 valence electrons. The maximum Gasteiger partial charge on any atom is 0.522 e. The van der Waals surface area contributed by atoms with E-state index in [0.29, 0.717) is 74.9 Å². The molecule has 0 bridgehead atoms. The van der Waals surface area contributed by atoms with Crippen molar-refractivity contribution in [2.75, 3.05) is 13.1 Å². The number of nitrogens with zero attached hydrogens (tertiary/aromatic N) is 4. The number of fused-ring (bicyclic) bond motifs is 5. The van der Waals surface area contributed by atoms with E-state index in [1.807, 2.05) is 178 Å². The van der Waals surface area contributed by atoms with Gasteiger partial charge in [0.2, 0.25) is 0 Å². The van der Waals surface area contributed by atoms with Crippen molar-refractivity contribution in [2.45, 2.75) is 307 Å². The fraction of sp³-hybridized carbons (Fsp3) is 0.447. The van der Waals surface area contributed by atoms with Crippen LogP contribution in [0.15, 0.2) is 133 Å². The molecule has 0 aromatic heterocycles. The summed E-state index contributed by atoms with van der Waals surface area (Å²) in [6.45, 7) is 49.8. The van der Waals surface area contributed by atoms with Crippen LogP contribution < -0.4 is 47.4 Å². The van der Waals surface area contributed by atoms with Gasteiger partial charge in [-0.15, -0.1) is 0 Å². The molecule has 9 aromatic carbocycles. The van der Waals surface area contributed by atoms with Crippen LogP contribution in [0.3, 0.4) is 0 Å². The summed E-state index contributed by atoms with van der Waals surface area (Å²) in [5.74, 6) is -4.68. The first-order valence-electron chi connectivity index (χ1n) is 52.5. The molecular formula is C114H148B5F3N8O19. The Morgan fingerprint density at radius 1 is 0.409 bits per heavy atom. The number of carbonyl (C=O) groups excluding carboxylic acids is 9. The summed E-state index contributed by atoms with van der Waals surface area (Å²) in [6.07, 6.45) is 7.57. The molecule has 0 unspecified atom stereocenters. The highest BCUT2D eigenvalue weighted by Gasteiger charge is 2.43. The minimum atomic E-state index is -2.41. The number of benzene rings is 9. The van der Waals surface area contributed by atoms with Crippen LogP contribution in [0.1, 0.15) is 344 Å². The van der Waals surface area contributed by atoms with Crippen LogP contribution in [-0.4, -0.2) is 176 Å². The summed E-state index contributed by atoms with van der Waals surface area (Å²) >= 11 is 0. The Bertz CT molecular complexity index is 6540. The van der Waals surface area contributed by atoms with Crippen molar-refractivity contribution in [1.29, 1.82) is 0 Å². The fourth-order valence-corrected chi connectivity index (χ4v) is 19.5. The summed E-state index contributed by atoms with van der Waals surface area (Å²) in [4.78, 5) is 123. The van der Waals surface area contributed by atoms with E-state index in [2.05, 4.69) is 70.2 Å². The predicted molar refractivity (Wildman–Crippen MR) is 579 cm³/mol. The maximum absolute atomic E-state index is 15.0. The van der Waals surface area contributed by atoms with Gasteiger partial charge in [-0.2, -0.15) is 0 Å². The third kappa shape index (κ3) is 29.8. The van der Waals surface area contributed by atoms with Crippen LogP contribution in [0.4, 0.5) is 13.2 Å². The van der Waals surface area contributed by atoms with Crippen molar-refractivity contribution in [3.8, 4) is 11.5 Å². The van der Waals surface area contributed by atoms with Crippen molar-refractivity contribution < 1.29 is 109 Å². The number of amides is 7. The Morgan fingerprint density at radius 2 is 0.765 bits per heavy atom. The SMILES string of the molecule is CCC[C@H](N(CC(=O)c1ccc2c(c1C)OB(O)CCC2)C(=O)c1cc(C)cc(C)c1)C(C)(C)C.CC[C@@H](N(NC(=O)c1ccc2c(c1F)COB2O)C(=O)c1cc(C)cc(C)c1)C(C)(C)C.CC[C@@H](NNC(=O)c1ccc2c(c1F)COB2O)C(C)(C)C.Cc1cc(C)cc(C(=O)N(CC(=O)c2ccc3c(c2C)OB(O)CCC3)C(C)(C)C)c1.[2H]C([2H])([2H])c1cc(C)cc(C(=O)N(NC(=O)c2ccc3c(c2F)COB3O)C(C)(C)C)c1. The number of Topliss-reactive ketones (excluding diaryl/α,β-unsaturated/α-hetero) is 2. The number of nitrogens with one attached hydrogen (secondary N) is 4. The second-order valence-corrected chi connectivity index (χ2v) is 44.7. The van der Waals surface area contributed by atoms with Crippen molar-refractivity contribution in [3.63, 3.8) is 0 Å². The molecule has 3 atom stereocenters. The number of aryl methyl sites for hydroxylation is 10. The molecule has 0 fully saturated rings. The normalized spacial score (nSPS) is 14.6. The number of ketones is 2. The fourth-order valence-electron chi connectivity index (χ4n) is 19.5. The third-order valence-electron chi connectivity index (χ3n) is 27.0. The zero-order valence-electron chi connectivity index (χ0n) is 94.3. The van der Waals surface area contributed by atoms with Gasteiger partial charge in [0.1, 0.15) is 29.0 Å². The highest BCUT2D eigenvalue weighted by molar-refractivity contribution is 6.62. The molecule has 35 heteroatoms. The van der Waals surface area contributed by atoms with Crippen LogP contribution in [0.2, 0.25) is 12.6 Å². The van der Waals surface area contributed by atoms with E-state index in [0.717, 1.165) is 106 Å². The van der Waals surface area contributed by atoms with Gasteiger partial charge in [0.15, 0.2) is 11.6 Å². The van der Waals surface area contributed by atoms with Crippen LogP contribution >= 0.6 is 0 Å². The first kappa shape index (κ1) is 114. The summed E-state index contributed by atoms with van der Waals surface area (Å²) in [7, 11) is -5.30. The molecule has 5 heterocycles. The Hall–Kier alpha value is -12.0. The van der Waals surface area contributed by atoms with Crippen LogP contribution in [-0.2, 0) is 46.6 Å². The Kier molecular flexibility index (Phi) is 38.2. The molecule has 149 heavy (non-hydrogen) atoms. The van der Waals surface area contributed by atoms with E-state index in [1.165, 1.54) is 59.6 Å². The van der Waals surface area contributed by atoms with Gasteiger partial charge < -0.3 is 58.2 Å². The number of hydrogen-bond donors (Lipinski definition) is 9. The predicted octanol–water partition coefficient (Wildman–Crippen LogP) is 17.1. The van der Waals surface area contributed by atoms with E-state index < -0.39 is 94.6 Å². The van der Waals surface area contributed by atoms with Gasteiger partial charge in [0.05, 0.1) is 61.2 Å². The molecule has 9 N–H and O–H groups in total. The third-order valence-corrected chi connectivity index (χ3v) is 27.0. The number of carbonyl (C=O) groups is 9. The van der Waals surface area contributed by atoms with Gasteiger partial charge in [-0.05, 0) is 279 Å². The summed E-state index contributed by atoms with van der Waals surface area (Å²) in [5.41, 5.74) is 22.3. The lowest BCUT2D eigenvalue weighted by Gasteiger charge is -2.40. The molecule has 5 aliphatic heterocycles. The second-order valence-electron chi connectivity index (χ2n) is 44.7. The first-order valence-corrected chi connectivity index (χ1v) is 51.0. The van der Waals surface area contributed by atoms with E-state index in [9.17, 15) is 77.1 Å². The van der Waals surface area contributed by atoms with Gasteiger partial charge in [-0.1, -0.05) is 201 Å². The summed E-state index contributed by atoms with van der Waals surface area (Å²) < 4.78 is 93.7. The van der Waals surface area contributed by atoms with Gasteiger partial charge in [0, 0.05) is 82.9 Å².